The van der Waals surface area contributed by atoms with Gasteiger partial charge in [0.25, 0.3) is 0 Å². The molecule has 5 nitrogen and oxygen atoms in total. The topological polar surface area (TPSA) is 72.2 Å². The zero-order chi connectivity index (χ0) is 16.1. The van der Waals surface area contributed by atoms with E-state index in [-0.39, 0.29) is 5.69 Å². The zero-order valence-electron chi connectivity index (χ0n) is 11.7. The zero-order valence-corrected chi connectivity index (χ0v) is 11.7. The van der Waals surface area contributed by atoms with Gasteiger partial charge in [-0.05, 0) is 30.7 Å². The molecule has 112 valence electrons. The lowest BCUT2D eigenvalue weighted by molar-refractivity contribution is -0.387. The molecule has 0 unspecified atom stereocenters. The Morgan fingerprint density at radius 2 is 1.91 bits per heavy atom. The summed E-state index contributed by atoms with van der Waals surface area (Å²) in [6.45, 7) is 1.96. The lowest BCUT2D eigenvalue weighted by Crippen LogP contribution is -2.08. The summed E-state index contributed by atoms with van der Waals surface area (Å²) >= 11 is 0. The maximum Gasteiger partial charge on any atom is 0.306 e. The molecular formula is C16H13FN2O3. The summed E-state index contributed by atoms with van der Waals surface area (Å²) in [5.41, 5.74) is 1.44. The summed E-state index contributed by atoms with van der Waals surface area (Å²) in [7, 11) is 0. The van der Waals surface area contributed by atoms with Gasteiger partial charge < -0.3 is 5.32 Å². The molecule has 0 atom stereocenters. The van der Waals surface area contributed by atoms with Crippen LogP contribution in [0.2, 0.25) is 0 Å². The fourth-order valence-corrected chi connectivity index (χ4v) is 1.76. The van der Waals surface area contributed by atoms with E-state index < -0.39 is 22.3 Å². The van der Waals surface area contributed by atoms with Crippen molar-refractivity contribution in [1.29, 1.82) is 0 Å². The Kier molecular flexibility index (Phi) is 4.63. The number of nitrogens with one attached hydrogen (secondary N) is 1. The van der Waals surface area contributed by atoms with Gasteiger partial charge in [-0.2, -0.15) is 4.39 Å². The highest BCUT2D eigenvalue weighted by Crippen LogP contribution is 2.21. The first-order valence-corrected chi connectivity index (χ1v) is 6.45. The molecule has 1 amide bonds. The molecule has 0 saturated carbocycles. The van der Waals surface area contributed by atoms with Crippen LogP contribution >= 0.6 is 0 Å². The second-order valence-electron chi connectivity index (χ2n) is 4.66. The smallest absolute Gasteiger partial charge is 0.306 e. The van der Waals surface area contributed by atoms with Crippen molar-refractivity contribution in [3.63, 3.8) is 0 Å². The third kappa shape index (κ3) is 3.99. The average molecular weight is 300 g/mol. The van der Waals surface area contributed by atoms with E-state index >= 15 is 0 Å². The van der Waals surface area contributed by atoms with Crippen LogP contribution in [0.1, 0.15) is 11.1 Å². The molecule has 2 rings (SSSR count). The molecule has 0 aliphatic heterocycles. The third-order valence-electron chi connectivity index (χ3n) is 2.91. The van der Waals surface area contributed by atoms with Gasteiger partial charge in [-0.15, -0.1) is 0 Å². The van der Waals surface area contributed by atoms with Crippen molar-refractivity contribution in [2.24, 2.45) is 0 Å². The van der Waals surface area contributed by atoms with Crippen LogP contribution in [-0.2, 0) is 4.79 Å². The van der Waals surface area contributed by atoms with E-state index in [0.29, 0.717) is 0 Å². The van der Waals surface area contributed by atoms with Crippen molar-refractivity contribution in [2.75, 3.05) is 5.32 Å². The van der Waals surface area contributed by atoms with E-state index in [1.54, 1.807) is 6.08 Å². The number of amides is 1. The molecule has 0 aliphatic rings. The van der Waals surface area contributed by atoms with E-state index in [4.69, 9.17) is 0 Å². The largest absolute Gasteiger partial charge is 0.322 e. The number of carbonyl (C=O) groups is 1. The Morgan fingerprint density at radius 1 is 1.23 bits per heavy atom. The maximum atomic E-state index is 13.2. The number of rotatable bonds is 4. The van der Waals surface area contributed by atoms with Crippen molar-refractivity contribution in [1.82, 2.24) is 0 Å². The van der Waals surface area contributed by atoms with Crippen LogP contribution in [0.3, 0.4) is 0 Å². The summed E-state index contributed by atoms with van der Waals surface area (Å²) in [4.78, 5) is 21.6. The van der Waals surface area contributed by atoms with Gasteiger partial charge in [0.05, 0.1) is 4.92 Å². The number of aryl methyl sites for hydroxylation is 1. The standard InChI is InChI=1S/C16H13FN2O3/c1-11-2-4-12(5-3-11)6-9-16(20)18-13-7-8-14(17)15(10-13)19(21)22/h2-10H,1H3,(H,18,20). The highest BCUT2D eigenvalue weighted by molar-refractivity contribution is 6.02. The minimum absolute atomic E-state index is 0.159. The number of hydrogen-bond donors (Lipinski definition) is 1. The van der Waals surface area contributed by atoms with E-state index in [1.165, 1.54) is 12.1 Å². The third-order valence-corrected chi connectivity index (χ3v) is 2.91. The Morgan fingerprint density at radius 3 is 2.55 bits per heavy atom. The first-order valence-electron chi connectivity index (χ1n) is 6.45. The van der Waals surface area contributed by atoms with E-state index in [0.717, 1.165) is 23.3 Å². The van der Waals surface area contributed by atoms with E-state index in [1.807, 2.05) is 31.2 Å². The van der Waals surface area contributed by atoms with Crippen LogP contribution in [0.5, 0.6) is 0 Å². The van der Waals surface area contributed by atoms with Crippen molar-refractivity contribution in [2.45, 2.75) is 6.92 Å². The van der Waals surface area contributed by atoms with Gasteiger partial charge in [0, 0.05) is 17.8 Å². The number of hydrogen-bond acceptors (Lipinski definition) is 3. The van der Waals surface area contributed by atoms with E-state index in [9.17, 15) is 19.3 Å². The molecule has 0 bridgehead atoms. The molecule has 6 heteroatoms. The molecule has 2 aromatic carbocycles. The first-order chi connectivity index (χ1) is 10.5. The number of nitrogens with zero attached hydrogens (tertiary/aromatic N) is 1. The van der Waals surface area contributed by atoms with Gasteiger partial charge in [-0.25, -0.2) is 0 Å². The van der Waals surface area contributed by atoms with Gasteiger partial charge in [0.1, 0.15) is 0 Å². The van der Waals surface area contributed by atoms with Gasteiger partial charge in [0.2, 0.25) is 11.7 Å². The number of halogens is 1. The fourth-order valence-electron chi connectivity index (χ4n) is 1.76. The molecule has 0 spiro atoms. The highest BCUT2D eigenvalue weighted by atomic mass is 19.1. The molecule has 0 fully saturated rings. The summed E-state index contributed by atoms with van der Waals surface area (Å²) in [6.07, 6.45) is 2.92. The summed E-state index contributed by atoms with van der Waals surface area (Å²) in [5.74, 6) is -1.40. The Hall–Kier alpha value is -3.02. The predicted octanol–water partition coefficient (Wildman–Crippen LogP) is 3.69. The molecular weight excluding hydrogens is 287 g/mol. The second-order valence-corrected chi connectivity index (χ2v) is 4.66. The van der Waals surface area contributed by atoms with Gasteiger partial charge >= 0.3 is 5.69 Å². The molecule has 0 aliphatic carbocycles. The molecule has 0 radical (unpaired) electrons. The summed E-state index contributed by atoms with van der Waals surface area (Å²) in [5, 5.41) is 13.1. The van der Waals surface area contributed by atoms with Crippen LogP contribution in [0.4, 0.5) is 15.8 Å². The quantitative estimate of drug-likeness (QED) is 0.531. The van der Waals surface area contributed by atoms with Crippen LogP contribution in [0, 0.1) is 22.9 Å². The maximum absolute atomic E-state index is 13.2. The van der Waals surface area contributed by atoms with Gasteiger partial charge in [-0.1, -0.05) is 29.8 Å². The van der Waals surface area contributed by atoms with Crippen molar-refractivity contribution in [3.05, 3.63) is 75.6 Å². The van der Waals surface area contributed by atoms with Crippen molar-refractivity contribution >= 4 is 23.4 Å². The van der Waals surface area contributed by atoms with Crippen molar-refractivity contribution < 1.29 is 14.1 Å². The molecule has 1 N–H and O–H groups in total. The monoisotopic (exact) mass is 300 g/mol. The van der Waals surface area contributed by atoms with Gasteiger partial charge in [0.15, 0.2) is 0 Å². The number of nitro groups is 1. The average Bonchev–Trinajstić information content (AvgIpc) is 2.48. The molecule has 2 aromatic rings. The normalized spacial score (nSPS) is 10.6. The first kappa shape index (κ1) is 15.4. The lowest BCUT2D eigenvalue weighted by atomic mass is 10.1. The summed E-state index contributed by atoms with van der Waals surface area (Å²) < 4.78 is 13.2. The minimum Gasteiger partial charge on any atom is -0.322 e. The number of anilines is 1. The predicted molar refractivity (Wildman–Crippen MR) is 81.9 cm³/mol. The van der Waals surface area contributed by atoms with Crippen LogP contribution < -0.4 is 5.32 Å². The van der Waals surface area contributed by atoms with Crippen LogP contribution in [0.25, 0.3) is 6.08 Å². The van der Waals surface area contributed by atoms with Crippen LogP contribution in [-0.4, -0.2) is 10.8 Å². The molecule has 0 saturated heterocycles. The van der Waals surface area contributed by atoms with E-state index in [2.05, 4.69) is 5.32 Å². The number of benzene rings is 2. The Bertz CT molecular complexity index is 740. The fraction of sp³-hybridized carbons (Fsp3) is 0.0625. The van der Waals surface area contributed by atoms with Crippen LogP contribution in [0.15, 0.2) is 48.5 Å². The number of carbonyl (C=O) groups excluding carboxylic acids is 1. The Balaban J connectivity index is 2.07. The minimum atomic E-state index is -0.946. The number of nitro benzene ring substituents is 1. The molecule has 0 aromatic heterocycles. The Labute approximate surface area is 126 Å². The molecule has 0 heterocycles. The second kappa shape index (κ2) is 6.62. The SMILES string of the molecule is Cc1ccc(C=CC(=O)Nc2ccc(F)c([N+](=O)[O-])c2)cc1. The highest BCUT2D eigenvalue weighted by Gasteiger charge is 2.14. The molecule has 22 heavy (non-hydrogen) atoms. The lowest BCUT2D eigenvalue weighted by Gasteiger charge is -2.02. The van der Waals surface area contributed by atoms with Gasteiger partial charge in [-0.3, -0.25) is 14.9 Å². The summed E-state index contributed by atoms with van der Waals surface area (Å²) in [6, 6.07) is 10.7. The van der Waals surface area contributed by atoms with Crippen molar-refractivity contribution in [3.8, 4) is 0 Å².